The number of hydrogen-bond acceptors (Lipinski definition) is 4. The highest BCUT2D eigenvalue weighted by molar-refractivity contribution is 5.97. The Morgan fingerprint density at radius 1 is 1.30 bits per heavy atom. The van der Waals surface area contributed by atoms with E-state index in [2.05, 4.69) is 4.98 Å². The number of halogens is 1. The molecular weight excluding hydrogens is 265 g/mol. The smallest absolute Gasteiger partial charge is 0.266 e. The molecule has 0 aliphatic heterocycles. The monoisotopic (exact) mass is 275 g/mol. The van der Waals surface area contributed by atoms with E-state index in [9.17, 15) is 19.4 Å². The predicted molar refractivity (Wildman–Crippen MR) is 68.3 cm³/mol. The zero-order valence-corrected chi connectivity index (χ0v) is 10.3. The molecule has 6 nitrogen and oxygen atoms in total. The third kappa shape index (κ3) is 2.94. The lowest BCUT2D eigenvalue weighted by Gasteiger charge is -2.11. The second kappa shape index (κ2) is 5.87. The Hall–Kier alpha value is -2.83. The lowest BCUT2D eigenvalue weighted by atomic mass is 10.1. The highest BCUT2D eigenvalue weighted by Gasteiger charge is 2.24. The van der Waals surface area contributed by atoms with Gasteiger partial charge in [-0.1, -0.05) is 22.7 Å². The van der Waals surface area contributed by atoms with Crippen molar-refractivity contribution in [3.8, 4) is 0 Å². The molecule has 0 atom stereocenters. The molecule has 0 bridgehead atoms. The minimum absolute atomic E-state index is 0.0701. The van der Waals surface area contributed by atoms with Crippen molar-refractivity contribution in [2.75, 3.05) is 0 Å². The van der Waals surface area contributed by atoms with E-state index in [-0.39, 0.29) is 17.2 Å². The highest BCUT2D eigenvalue weighted by Crippen LogP contribution is 2.20. The number of nitrogens with zero attached hydrogens (tertiary/aromatic N) is 3. The van der Waals surface area contributed by atoms with Crippen LogP contribution in [0.4, 0.5) is 10.2 Å². The lowest BCUT2D eigenvalue weighted by Crippen LogP contribution is -2.23. The molecule has 0 unspecified atom stereocenters. The number of pyridine rings is 1. The number of carbonyl (C=O) groups excluding carboxylic acids is 1. The van der Waals surface area contributed by atoms with E-state index in [4.69, 9.17) is 0 Å². The summed E-state index contributed by atoms with van der Waals surface area (Å²) in [6.45, 7) is -0.321. The predicted octanol–water partition coefficient (Wildman–Crippen LogP) is 2.52. The first-order chi connectivity index (χ1) is 9.59. The molecule has 1 heterocycles. The van der Waals surface area contributed by atoms with E-state index in [0.29, 0.717) is 5.56 Å². The highest BCUT2D eigenvalue weighted by atomic mass is 19.2. The largest absolute Gasteiger partial charge is 0.288 e. The van der Waals surface area contributed by atoms with Crippen LogP contribution in [0.25, 0.3) is 0 Å². The Kier molecular flexibility index (Phi) is 3.99. The maximum Gasteiger partial charge on any atom is 0.288 e. The molecule has 0 aliphatic carbocycles. The number of amides is 1. The molecule has 0 fully saturated rings. The van der Waals surface area contributed by atoms with E-state index in [1.54, 1.807) is 12.1 Å². The average Bonchev–Trinajstić information content (AvgIpc) is 2.47. The van der Waals surface area contributed by atoms with Gasteiger partial charge in [0.15, 0.2) is 0 Å². The number of hydrogen-bond donors (Lipinski definition) is 0. The maximum atomic E-state index is 13.8. The molecule has 1 amide bonds. The number of aromatic nitrogens is 1. The van der Waals surface area contributed by atoms with Gasteiger partial charge in [-0.2, -0.15) is 5.12 Å². The van der Waals surface area contributed by atoms with Crippen molar-refractivity contribution in [3.05, 3.63) is 70.0 Å². The maximum absolute atomic E-state index is 13.8. The normalized spacial score (nSPS) is 10.1. The van der Waals surface area contributed by atoms with Crippen LogP contribution in [0.1, 0.15) is 15.9 Å². The van der Waals surface area contributed by atoms with Crippen LogP contribution < -0.4 is 0 Å². The van der Waals surface area contributed by atoms with Gasteiger partial charge >= 0.3 is 0 Å². The van der Waals surface area contributed by atoms with Crippen LogP contribution in [0, 0.1) is 10.1 Å². The molecule has 2 rings (SSSR count). The first-order valence-corrected chi connectivity index (χ1v) is 5.69. The first kappa shape index (κ1) is 13.6. The van der Waals surface area contributed by atoms with Crippen LogP contribution in [0.3, 0.4) is 0 Å². The van der Waals surface area contributed by atoms with Crippen molar-refractivity contribution in [3.63, 3.8) is 0 Å². The van der Waals surface area contributed by atoms with Gasteiger partial charge in [0, 0.05) is 18.5 Å². The molecule has 102 valence electrons. The summed E-state index contributed by atoms with van der Waals surface area (Å²) in [5, 5.41) is 10.7. The molecule has 7 heteroatoms. The van der Waals surface area contributed by atoms with Crippen molar-refractivity contribution >= 4 is 11.6 Å². The molecule has 0 spiro atoms. The average molecular weight is 275 g/mol. The molecule has 0 saturated heterocycles. The summed E-state index contributed by atoms with van der Waals surface area (Å²) in [5.41, 5.74) is -0.225. The minimum Gasteiger partial charge on any atom is -0.266 e. The van der Waals surface area contributed by atoms with Crippen molar-refractivity contribution in [2.24, 2.45) is 0 Å². The third-order valence-electron chi connectivity index (χ3n) is 2.60. The van der Waals surface area contributed by atoms with Gasteiger partial charge in [-0.15, -0.1) is 0 Å². The second-order valence-electron chi connectivity index (χ2n) is 3.96. The lowest BCUT2D eigenvalue weighted by molar-refractivity contribution is -0.385. The number of nitro benzene ring substituents is 1. The summed E-state index contributed by atoms with van der Waals surface area (Å²) in [6.07, 6.45) is 2.94. The van der Waals surface area contributed by atoms with Crippen molar-refractivity contribution in [1.29, 1.82) is 0 Å². The molecule has 1 aromatic heterocycles. The molecule has 0 aliphatic rings. The van der Waals surface area contributed by atoms with Crippen molar-refractivity contribution < 1.29 is 14.2 Å². The summed E-state index contributed by atoms with van der Waals surface area (Å²) >= 11 is 0. The number of para-hydroxylation sites is 1. The number of benzene rings is 1. The number of nitro groups is 1. The fourth-order valence-corrected chi connectivity index (χ4v) is 1.67. The van der Waals surface area contributed by atoms with Gasteiger partial charge in [-0.25, -0.2) is 0 Å². The van der Waals surface area contributed by atoms with Crippen LogP contribution in [-0.4, -0.2) is 20.9 Å². The van der Waals surface area contributed by atoms with E-state index < -0.39 is 16.5 Å². The Morgan fingerprint density at radius 2 is 2.05 bits per heavy atom. The van der Waals surface area contributed by atoms with Gasteiger partial charge < -0.3 is 0 Å². The topological polar surface area (TPSA) is 76.3 Å². The van der Waals surface area contributed by atoms with Gasteiger partial charge in [0.25, 0.3) is 11.6 Å². The van der Waals surface area contributed by atoms with Crippen LogP contribution in [0.5, 0.6) is 0 Å². The zero-order valence-electron chi connectivity index (χ0n) is 10.3. The Bertz CT molecular complexity index is 634. The molecule has 20 heavy (non-hydrogen) atoms. The van der Waals surface area contributed by atoms with Gasteiger partial charge in [-0.3, -0.25) is 19.9 Å². The standard InChI is InChI=1S/C13H10FN3O3/c14-16(9-10-4-3-7-15-8-10)13(18)11-5-1-2-6-12(11)17(19)20/h1-8H,9H2. The molecular formula is C13H10FN3O3. The minimum atomic E-state index is -1.05. The Morgan fingerprint density at radius 3 is 2.70 bits per heavy atom. The van der Waals surface area contributed by atoms with Gasteiger partial charge in [-0.05, 0) is 17.7 Å². The number of rotatable bonds is 4. The Balaban J connectivity index is 2.21. The number of carbonyl (C=O) groups is 1. The summed E-state index contributed by atoms with van der Waals surface area (Å²) < 4.78 is 13.8. The fourth-order valence-electron chi connectivity index (χ4n) is 1.67. The fraction of sp³-hybridized carbons (Fsp3) is 0.0769. The van der Waals surface area contributed by atoms with Crippen LogP contribution >= 0.6 is 0 Å². The van der Waals surface area contributed by atoms with Crippen LogP contribution in [0.2, 0.25) is 0 Å². The van der Waals surface area contributed by atoms with Crippen LogP contribution in [-0.2, 0) is 6.54 Å². The Labute approximate surface area is 113 Å². The second-order valence-corrected chi connectivity index (χ2v) is 3.96. The SMILES string of the molecule is O=C(c1ccccc1[N+](=O)[O-])N(F)Cc1cccnc1. The summed E-state index contributed by atoms with van der Waals surface area (Å²) in [7, 11) is 0. The van der Waals surface area contributed by atoms with E-state index in [1.165, 1.54) is 30.6 Å². The molecule has 1 aromatic carbocycles. The van der Waals surface area contributed by atoms with E-state index in [1.807, 2.05) is 0 Å². The zero-order chi connectivity index (χ0) is 14.5. The quantitative estimate of drug-likeness (QED) is 0.488. The van der Waals surface area contributed by atoms with Gasteiger partial charge in [0.2, 0.25) is 0 Å². The molecule has 0 radical (unpaired) electrons. The van der Waals surface area contributed by atoms with E-state index in [0.717, 1.165) is 6.07 Å². The summed E-state index contributed by atoms with van der Waals surface area (Å²) in [5.74, 6) is -1.05. The third-order valence-corrected chi connectivity index (χ3v) is 2.60. The van der Waals surface area contributed by atoms with E-state index >= 15 is 0 Å². The first-order valence-electron chi connectivity index (χ1n) is 5.69. The van der Waals surface area contributed by atoms with Crippen molar-refractivity contribution in [2.45, 2.75) is 6.54 Å². The van der Waals surface area contributed by atoms with Crippen molar-refractivity contribution in [1.82, 2.24) is 10.1 Å². The molecule has 0 N–H and O–H groups in total. The summed E-state index contributed by atoms with van der Waals surface area (Å²) in [4.78, 5) is 25.8. The van der Waals surface area contributed by atoms with Gasteiger partial charge in [0.05, 0.1) is 11.5 Å². The van der Waals surface area contributed by atoms with Crippen LogP contribution in [0.15, 0.2) is 48.8 Å². The molecule has 0 saturated carbocycles. The molecule has 2 aromatic rings. The summed E-state index contributed by atoms with van der Waals surface area (Å²) in [6, 6.07) is 8.45. The van der Waals surface area contributed by atoms with Gasteiger partial charge in [0.1, 0.15) is 5.56 Å².